The van der Waals surface area contributed by atoms with Crippen molar-refractivity contribution in [3.8, 4) is 5.75 Å². The van der Waals surface area contributed by atoms with Gasteiger partial charge < -0.3 is 10.2 Å². The predicted molar refractivity (Wildman–Crippen MR) is 65.4 cm³/mol. The Hall–Kier alpha value is -1.51. The second kappa shape index (κ2) is 3.49. The topological polar surface area (TPSA) is 57.5 Å². The normalized spacial score (nSPS) is 17.8. The van der Waals surface area contributed by atoms with Crippen LogP contribution in [-0.2, 0) is 15.6 Å². The van der Waals surface area contributed by atoms with Crippen LogP contribution in [0.5, 0.6) is 5.75 Å². The van der Waals surface area contributed by atoms with E-state index in [9.17, 15) is 15.0 Å². The van der Waals surface area contributed by atoms with Gasteiger partial charge in [0, 0.05) is 5.56 Å². The summed E-state index contributed by atoms with van der Waals surface area (Å²) < 4.78 is 0. The van der Waals surface area contributed by atoms with Crippen LogP contribution in [0.15, 0.2) is 18.2 Å². The lowest BCUT2D eigenvalue weighted by Crippen LogP contribution is -2.21. The lowest BCUT2D eigenvalue weighted by atomic mass is 9.83. The number of carboxylic acids is 1. The Morgan fingerprint density at radius 2 is 1.88 bits per heavy atom. The van der Waals surface area contributed by atoms with Gasteiger partial charge in [-0.3, -0.25) is 4.79 Å². The highest BCUT2D eigenvalue weighted by Crippen LogP contribution is 2.52. The Kier molecular flexibility index (Phi) is 2.45. The van der Waals surface area contributed by atoms with Gasteiger partial charge in [0.25, 0.3) is 0 Å². The maximum Gasteiger partial charge on any atom is 0.314 e. The van der Waals surface area contributed by atoms with Crippen LogP contribution in [0.1, 0.15) is 44.7 Å². The van der Waals surface area contributed by atoms with E-state index in [0.717, 1.165) is 5.56 Å². The number of phenols is 1. The SMILES string of the molecule is CC(C)(C)c1ccc(O)c(C2(C(=O)O)CC2)c1. The van der Waals surface area contributed by atoms with Gasteiger partial charge in [0.05, 0.1) is 5.41 Å². The Balaban J connectivity index is 2.51. The van der Waals surface area contributed by atoms with Gasteiger partial charge in [0.15, 0.2) is 0 Å². The van der Waals surface area contributed by atoms with E-state index in [2.05, 4.69) is 20.8 Å². The molecule has 2 N–H and O–H groups in total. The second-order valence-corrected chi connectivity index (χ2v) is 5.87. The van der Waals surface area contributed by atoms with Crippen LogP contribution in [0.25, 0.3) is 0 Å². The van der Waals surface area contributed by atoms with E-state index in [-0.39, 0.29) is 11.2 Å². The Bertz CT molecular complexity index is 465. The lowest BCUT2D eigenvalue weighted by Gasteiger charge is -2.22. The first-order chi connectivity index (χ1) is 7.77. The molecule has 1 aliphatic carbocycles. The third kappa shape index (κ3) is 1.90. The fourth-order valence-corrected chi connectivity index (χ4v) is 2.11. The van der Waals surface area contributed by atoms with E-state index in [4.69, 9.17) is 0 Å². The second-order valence-electron chi connectivity index (χ2n) is 5.87. The van der Waals surface area contributed by atoms with Gasteiger partial charge in [0.2, 0.25) is 0 Å². The van der Waals surface area contributed by atoms with E-state index in [1.807, 2.05) is 12.1 Å². The van der Waals surface area contributed by atoms with Gasteiger partial charge in [-0.2, -0.15) is 0 Å². The fraction of sp³-hybridized carbons (Fsp3) is 0.500. The molecule has 0 radical (unpaired) electrons. The molecule has 3 nitrogen and oxygen atoms in total. The monoisotopic (exact) mass is 234 g/mol. The highest BCUT2D eigenvalue weighted by molar-refractivity contribution is 5.86. The molecule has 0 spiro atoms. The minimum absolute atomic E-state index is 0.0446. The molecule has 3 heteroatoms. The molecular weight excluding hydrogens is 216 g/mol. The smallest absolute Gasteiger partial charge is 0.314 e. The molecule has 1 saturated carbocycles. The molecule has 1 aliphatic rings. The quantitative estimate of drug-likeness (QED) is 0.827. The van der Waals surface area contributed by atoms with Crippen molar-refractivity contribution >= 4 is 5.97 Å². The average Bonchev–Trinajstić information content (AvgIpc) is 2.97. The highest BCUT2D eigenvalue weighted by atomic mass is 16.4. The first-order valence-corrected chi connectivity index (χ1v) is 5.85. The molecule has 1 fully saturated rings. The minimum atomic E-state index is -0.842. The zero-order valence-electron chi connectivity index (χ0n) is 10.4. The van der Waals surface area contributed by atoms with Crippen LogP contribution < -0.4 is 0 Å². The summed E-state index contributed by atoms with van der Waals surface area (Å²) in [6, 6.07) is 5.31. The third-order valence-corrected chi connectivity index (χ3v) is 3.54. The number of carboxylic acid groups (broad SMARTS) is 1. The Labute approximate surface area is 101 Å². The van der Waals surface area contributed by atoms with E-state index >= 15 is 0 Å². The molecule has 0 atom stereocenters. The molecule has 0 aliphatic heterocycles. The van der Waals surface area contributed by atoms with Crippen molar-refractivity contribution in [1.29, 1.82) is 0 Å². The van der Waals surface area contributed by atoms with Gasteiger partial charge in [0.1, 0.15) is 5.75 Å². The van der Waals surface area contributed by atoms with E-state index in [1.54, 1.807) is 6.07 Å². The number of phenolic OH excluding ortho intramolecular Hbond substituents is 1. The zero-order valence-corrected chi connectivity index (χ0v) is 10.4. The summed E-state index contributed by atoms with van der Waals surface area (Å²) in [5.74, 6) is -0.739. The van der Waals surface area contributed by atoms with Crippen molar-refractivity contribution in [3.63, 3.8) is 0 Å². The van der Waals surface area contributed by atoms with E-state index < -0.39 is 11.4 Å². The van der Waals surface area contributed by atoms with Gasteiger partial charge in [-0.05, 0) is 29.9 Å². The van der Waals surface area contributed by atoms with Crippen LogP contribution in [0.3, 0.4) is 0 Å². The summed E-state index contributed by atoms with van der Waals surface area (Å²) in [5.41, 5.74) is 0.734. The molecule has 0 amide bonds. The molecule has 2 rings (SSSR count). The Morgan fingerprint density at radius 3 is 2.29 bits per heavy atom. The molecule has 0 bridgehead atoms. The molecule has 1 aromatic rings. The first kappa shape index (κ1) is 12.0. The van der Waals surface area contributed by atoms with Gasteiger partial charge in [-0.15, -0.1) is 0 Å². The number of hydrogen-bond acceptors (Lipinski definition) is 2. The number of aromatic hydroxyl groups is 1. The van der Waals surface area contributed by atoms with Crippen LogP contribution >= 0.6 is 0 Å². The maximum atomic E-state index is 11.3. The van der Waals surface area contributed by atoms with Crippen molar-refractivity contribution in [1.82, 2.24) is 0 Å². The molecule has 1 aromatic carbocycles. The van der Waals surface area contributed by atoms with Gasteiger partial charge in [-0.25, -0.2) is 0 Å². The molecule has 0 aromatic heterocycles. The number of carbonyl (C=O) groups is 1. The number of benzene rings is 1. The van der Waals surface area contributed by atoms with Crippen LogP contribution in [-0.4, -0.2) is 16.2 Å². The van der Waals surface area contributed by atoms with Crippen LogP contribution in [0.2, 0.25) is 0 Å². The van der Waals surface area contributed by atoms with Crippen LogP contribution in [0.4, 0.5) is 0 Å². The summed E-state index contributed by atoms with van der Waals surface area (Å²) in [5, 5.41) is 19.1. The number of rotatable bonds is 2. The van der Waals surface area contributed by atoms with Crippen molar-refractivity contribution in [2.75, 3.05) is 0 Å². The van der Waals surface area contributed by atoms with Crippen molar-refractivity contribution in [3.05, 3.63) is 29.3 Å². The Morgan fingerprint density at radius 1 is 1.29 bits per heavy atom. The molecule has 0 saturated heterocycles. The number of hydrogen-bond donors (Lipinski definition) is 2. The summed E-state index contributed by atoms with van der Waals surface area (Å²) >= 11 is 0. The van der Waals surface area contributed by atoms with E-state index in [1.165, 1.54) is 0 Å². The fourth-order valence-electron chi connectivity index (χ4n) is 2.11. The predicted octanol–water partition coefficient (Wildman–Crippen LogP) is 2.81. The zero-order chi connectivity index (χ0) is 12.8. The standard InChI is InChI=1S/C14H18O3/c1-13(2,3)9-4-5-11(15)10(8-9)14(6-7-14)12(16)17/h4-5,8,15H,6-7H2,1-3H3,(H,16,17). The van der Waals surface area contributed by atoms with Gasteiger partial charge in [-0.1, -0.05) is 32.9 Å². The van der Waals surface area contributed by atoms with E-state index in [0.29, 0.717) is 18.4 Å². The summed E-state index contributed by atoms with van der Waals surface area (Å²) in [6.07, 6.45) is 1.23. The average molecular weight is 234 g/mol. The van der Waals surface area contributed by atoms with Crippen molar-refractivity contribution in [2.45, 2.75) is 44.4 Å². The number of aliphatic carboxylic acids is 1. The third-order valence-electron chi connectivity index (χ3n) is 3.54. The molecule has 92 valence electrons. The minimum Gasteiger partial charge on any atom is -0.508 e. The van der Waals surface area contributed by atoms with Crippen LogP contribution in [0, 0.1) is 0 Å². The summed E-state index contributed by atoms with van der Waals surface area (Å²) in [6.45, 7) is 6.22. The largest absolute Gasteiger partial charge is 0.508 e. The van der Waals surface area contributed by atoms with Crippen molar-refractivity contribution in [2.24, 2.45) is 0 Å². The van der Waals surface area contributed by atoms with Gasteiger partial charge >= 0.3 is 5.97 Å². The maximum absolute atomic E-state index is 11.3. The molecular formula is C14H18O3. The summed E-state index contributed by atoms with van der Waals surface area (Å²) in [4.78, 5) is 11.3. The molecule has 0 unspecified atom stereocenters. The lowest BCUT2D eigenvalue weighted by molar-refractivity contribution is -0.140. The molecule has 17 heavy (non-hydrogen) atoms. The van der Waals surface area contributed by atoms with Crippen molar-refractivity contribution < 1.29 is 15.0 Å². The summed E-state index contributed by atoms with van der Waals surface area (Å²) in [7, 11) is 0. The first-order valence-electron chi connectivity index (χ1n) is 5.85. The molecule has 0 heterocycles. The highest BCUT2D eigenvalue weighted by Gasteiger charge is 2.53.